The monoisotopic (exact) mass is 263 g/mol. The molecule has 0 aliphatic carbocycles. The van der Waals surface area contributed by atoms with E-state index < -0.39 is 0 Å². The van der Waals surface area contributed by atoms with E-state index in [1.165, 1.54) is 6.07 Å². The van der Waals surface area contributed by atoms with Gasteiger partial charge in [0.1, 0.15) is 17.7 Å². The summed E-state index contributed by atoms with van der Waals surface area (Å²) >= 11 is 0. The molecule has 1 aliphatic heterocycles. The maximum atomic E-state index is 13.2. The SMILES string of the molecule is C=CC(C)(CNCC)CC1Cc2cc(F)ccc2O1. The number of fused-ring (bicyclic) bond motifs is 1. The average Bonchev–Trinajstić information content (AvgIpc) is 2.77. The second-order valence-corrected chi connectivity index (χ2v) is 5.54. The fraction of sp³-hybridized carbons (Fsp3) is 0.500. The highest BCUT2D eigenvalue weighted by atomic mass is 19.1. The van der Waals surface area contributed by atoms with Crippen molar-refractivity contribution in [3.63, 3.8) is 0 Å². The molecule has 1 aromatic rings. The number of hydrogen-bond acceptors (Lipinski definition) is 2. The molecule has 0 fully saturated rings. The van der Waals surface area contributed by atoms with Crippen molar-refractivity contribution in [3.8, 4) is 5.75 Å². The van der Waals surface area contributed by atoms with Gasteiger partial charge >= 0.3 is 0 Å². The van der Waals surface area contributed by atoms with Crippen LogP contribution in [0.4, 0.5) is 4.39 Å². The molecule has 0 saturated heterocycles. The van der Waals surface area contributed by atoms with Crippen molar-refractivity contribution in [2.24, 2.45) is 5.41 Å². The van der Waals surface area contributed by atoms with E-state index in [0.717, 1.165) is 37.2 Å². The van der Waals surface area contributed by atoms with E-state index in [0.29, 0.717) is 0 Å². The van der Waals surface area contributed by atoms with Gasteiger partial charge in [-0.3, -0.25) is 0 Å². The van der Waals surface area contributed by atoms with Crippen LogP contribution in [0.15, 0.2) is 30.9 Å². The van der Waals surface area contributed by atoms with Gasteiger partial charge in [-0.05, 0) is 31.2 Å². The third kappa shape index (κ3) is 3.35. The highest BCUT2D eigenvalue weighted by Crippen LogP contribution is 2.35. The van der Waals surface area contributed by atoms with Gasteiger partial charge in [0.25, 0.3) is 0 Å². The van der Waals surface area contributed by atoms with E-state index in [1.807, 2.05) is 6.08 Å². The van der Waals surface area contributed by atoms with E-state index in [2.05, 4.69) is 25.7 Å². The van der Waals surface area contributed by atoms with Crippen molar-refractivity contribution >= 4 is 0 Å². The predicted octanol–water partition coefficient (Wildman–Crippen LogP) is 3.32. The Morgan fingerprint density at radius 2 is 2.37 bits per heavy atom. The van der Waals surface area contributed by atoms with Crippen LogP contribution < -0.4 is 10.1 Å². The quantitative estimate of drug-likeness (QED) is 0.795. The van der Waals surface area contributed by atoms with Crippen LogP contribution in [0, 0.1) is 11.2 Å². The standard InChI is InChI=1S/C16H22FNO/c1-4-16(3,11-18-5-2)10-14-9-12-8-13(17)6-7-15(12)19-14/h4,6-8,14,18H,1,5,9-11H2,2-3H3. The largest absolute Gasteiger partial charge is 0.490 e. The van der Waals surface area contributed by atoms with Gasteiger partial charge in [-0.25, -0.2) is 4.39 Å². The van der Waals surface area contributed by atoms with E-state index in [-0.39, 0.29) is 17.3 Å². The summed E-state index contributed by atoms with van der Waals surface area (Å²) < 4.78 is 19.1. The summed E-state index contributed by atoms with van der Waals surface area (Å²) in [5.74, 6) is 0.628. The zero-order chi connectivity index (χ0) is 13.9. The average molecular weight is 263 g/mol. The molecule has 0 aromatic heterocycles. The molecular formula is C16H22FNO. The van der Waals surface area contributed by atoms with E-state index in [9.17, 15) is 4.39 Å². The normalized spacial score (nSPS) is 20.5. The maximum Gasteiger partial charge on any atom is 0.123 e. The molecule has 1 aromatic carbocycles. The van der Waals surface area contributed by atoms with Gasteiger partial charge < -0.3 is 10.1 Å². The summed E-state index contributed by atoms with van der Waals surface area (Å²) in [6, 6.07) is 4.75. The van der Waals surface area contributed by atoms with E-state index in [1.54, 1.807) is 12.1 Å². The number of halogens is 1. The number of rotatable bonds is 6. The molecule has 2 nitrogen and oxygen atoms in total. The Kier molecular flexibility index (Phi) is 4.25. The Balaban J connectivity index is 2.00. The van der Waals surface area contributed by atoms with Crippen molar-refractivity contribution < 1.29 is 9.13 Å². The molecule has 3 heteroatoms. The third-order valence-corrected chi connectivity index (χ3v) is 3.73. The van der Waals surface area contributed by atoms with Gasteiger partial charge in [-0.1, -0.05) is 19.9 Å². The first-order valence-corrected chi connectivity index (χ1v) is 6.86. The minimum Gasteiger partial charge on any atom is -0.490 e. The van der Waals surface area contributed by atoms with E-state index >= 15 is 0 Å². The van der Waals surface area contributed by atoms with Crippen molar-refractivity contribution in [3.05, 3.63) is 42.2 Å². The minimum absolute atomic E-state index is 0.00125. The molecule has 0 bridgehead atoms. The first-order chi connectivity index (χ1) is 9.06. The summed E-state index contributed by atoms with van der Waals surface area (Å²) in [5, 5.41) is 3.36. The molecule has 0 radical (unpaired) electrons. The van der Waals surface area contributed by atoms with Gasteiger partial charge in [0, 0.05) is 23.9 Å². The third-order valence-electron chi connectivity index (χ3n) is 3.73. The number of benzene rings is 1. The molecule has 2 rings (SSSR count). The summed E-state index contributed by atoms with van der Waals surface area (Å²) in [4.78, 5) is 0. The van der Waals surface area contributed by atoms with Crippen LogP contribution >= 0.6 is 0 Å². The first-order valence-electron chi connectivity index (χ1n) is 6.86. The Labute approximate surface area is 114 Å². The lowest BCUT2D eigenvalue weighted by Gasteiger charge is -2.28. The molecule has 2 unspecified atom stereocenters. The van der Waals surface area contributed by atoms with Gasteiger partial charge in [-0.2, -0.15) is 0 Å². The van der Waals surface area contributed by atoms with Crippen LogP contribution in [0.25, 0.3) is 0 Å². The second-order valence-electron chi connectivity index (χ2n) is 5.54. The van der Waals surface area contributed by atoms with Crippen LogP contribution in [-0.4, -0.2) is 19.2 Å². The molecule has 1 aliphatic rings. The topological polar surface area (TPSA) is 21.3 Å². The molecule has 104 valence electrons. The van der Waals surface area contributed by atoms with Gasteiger partial charge in [0.2, 0.25) is 0 Å². The zero-order valence-electron chi connectivity index (χ0n) is 11.7. The molecule has 0 saturated carbocycles. The van der Waals surface area contributed by atoms with Crippen molar-refractivity contribution in [1.82, 2.24) is 5.32 Å². The molecule has 0 spiro atoms. The lowest BCUT2D eigenvalue weighted by atomic mass is 9.83. The van der Waals surface area contributed by atoms with Crippen LogP contribution in [-0.2, 0) is 6.42 Å². The fourth-order valence-corrected chi connectivity index (χ4v) is 2.56. The summed E-state index contributed by atoms with van der Waals surface area (Å²) in [7, 11) is 0. The van der Waals surface area contributed by atoms with Gasteiger partial charge in [-0.15, -0.1) is 6.58 Å². The predicted molar refractivity (Wildman–Crippen MR) is 76.0 cm³/mol. The first kappa shape index (κ1) is 14.1. The van der Waals surface area contributed by atoms with Crippen molar-refractivity contribution in [1.29, 1.82) is 0 Å². The van der Waals surface area contributed by atoms with Crippen LogP contribution in [0.1, 0.15) is 25.8 Å². The van der Waals surface area contributed by atoms with Crippen LogP contribution in [0.3, 0.4) is 0 Å². The number of hydrogen-bond donors (Lipinski definition) is 1. The Bertz CT molecular complexity index is 460. The molecular weight excluding hydrogens is 241 g/mol. The highest BCUT2D eigenvalue weighted by Gasteiger charge is 2.30. The Morgan fingerprint density at radius 3 is 3.05 bits per heavy atom. The second kappa shape index (κ2) is 5.74. The van der Waals surface area contributed by atoms with Crippen LogP contribution in [0.5, 0.6) is 5.75 Å². The summed E-state index contributed by atoms with van der Waals surface area (Å²) in [5.41, 5.74) is 0.973. The van der Waals surface area contributed by atoms with Crippen molar-refractivity contribution in [2.75, 3.05) is 13.1 Å². The Hall–Kier alpha value is -1.35. The highest BCUT2D eigenvalue weighted by molar-refractivity contribution is 5.38. The fourth-order valence-electron chi connectivity index (χ4n) is 2.56. The molecule has 19 heavy (non-hydrogen) atoms. The van der Waals surface area contributed by atoms with E-state index in [4.69, 9.17) is 4.74 Å². The maximum absolute atomic E-state index is 13.2. The zero-order valence-corrected chi connectivity index (χ0v) is 11.7. The number of nitrogens with one attached hydrogen (secondary N) is 1. The molecule has 2 atom stereocenters. The molecule has 0 amide bonds. The van der Waals surface area contributed by atoms with Crippen molar-refractivity contribution in [2.45, 2.75) is 32.8 Å². The number of ether oxygens (including phenoxy) is 1. The molecule has 1 heterocycles. The Morgan fingerprint density at radius 1 is 1.58 bits per heavy atom. The summed E-state index contributed by atoms with van der Waals surface area (Å²) in [6.07, 6.45) is 3.77. The van der Waals surface area contributed by atoms with Crippen LogP contribution in [0.2, 0.25) is 0 Å². The minimum atomic E-state index is -0.192. The lowest BCUT2D eigenvalue weighted by Crippen LogP contribution is -2.34. The lowest BCUT2D eigenvalue weighted by molar-refractivity contribution is 0.170. The molecule has 1 N–H and O–H groups in total. The smallest absolute Gasteiger partial charge is 0.123 e. The van der Waals surface area contributed by atoms with Gasteiger partial charge in [0.15, 0.2) is 0 Å². The van der Waals surface area contributed by atoms with Gasteiger partial charge in [0.05, 0.1) is 0 Å². The summed E-state index contributed by atoms with van der Waals surface area (Å²) in [6.45, 7) is 10.0.